The van der Waals surface area contributed by atoms with E-state index in [1.165, 1.54) is 0 Å². The van der Waals surface area contributed by atoms with Gasteiger partial charge < -0.3 is 19.7 Å². The lowest BCUT2D eigenvalue weighted by atomic mass is 10.0. The largest absolute Gasteiger partial charge is 0.497 e. The Morgan fingerprint density at radius 2 is 1.54 bits per heavy atom. The molecule has 0 aliphatic heterocycles. The van der Waals surface area contributed by atoms with Crippen LogP contribution < -0.4 is 14.8 Å². The molecule has 1 atom stereocenters. The Balaban J connectivity index is 1.63. The van der Waals surface area contributed by atoms with Crippen LogP contribution in [0.1, 0.15) is 22.7 Å². The zero-order valence-corrected chi connectivity index (χ0v) is 20.6. The summed E-state index contributed by atoms with van der Waals surface area (Å²) >= 11 is 0. The van der Waals surface area contributed by atoms with Crippen molar-refractivity contribution >= 4 is 11.8 Å². The Bertz CT molecular complexity index is 1270. The average Bonchev–Trinajstić information content (AvgIpc) is 2.96. The predicted octanol–water partition coefficient (Wildman–Crippen LogP) is 4.56. The number of pyridine rings is 1. The van der Waals surface area contributed by atoms with Gasteiger partial charge in [0, 0.05) is 25.5 Å². The molecule has 7 nitrogen and oxygen atoms in total. The molecule has 4 aromatic rings. The van der Waals surface area contributed by atoms with Gasteiger partial charge in [-0.05, 0) is 47.0 Å². The van der Waals surface area contributed by atoms with E-state index >= 15 is 0 Å². The first-order valence-electron chi connectivity index (χ1n) is 12.0. The maximum absolute atomic E-state index is 13.6. The third kappa shape index (κ3) is 7.18. The van der Waals surface area contributed by atoms with Crippen molar-refractivity contribution in [2.24, 2.45) is 0 Å². The van der Waals surface area contributed by atoms with E-state index in [1.54, 1.807) is 36.5 Å². The van der Waals surface area contributed by atoms with Crippen molar-refractivity contribution in [2.45, 2.75) is 19.1 Å². The molecular formula is C30H29N3O4. The van der Waals surface area contributed by atoms with Gasteiger partial charge in [-0.2, -0.15) is 0 Å². The van der Waals surface area contributed by atoms with Crippen molar-refractivity contribution in [3.8, 4) is 11.5 Å². The van der Waals surface area contributed by atoms with Gasteiger partial charge in [0.15, 0.2) is 6.61 Å². The molecule has 188 valence electrons. The summed E-state index contributed by atoms with van der Waals surface area (Å²) in [5.74, 6) is 0.682. The average molecular weight is 496 g/mol. The number of para-hydroxylation sites is 1. The van der Waals surface area contributed by atoms with E-state index in [1.807, 2.05) is 84.9 Å². The molecule has 0 aliphatic carbocycles. The Hall–Kier alpha value is -4.65. The lowest BCUT2D eigenvalue weighted by Crippen LogP contribution is -2.45. The number of rotatable bonds is 11. The molecule has 4 rings (SSSR count). The molecule has 0 saturated heterocycles. The number of amides is 2. The summed E-state index contributed by atoms with van der Waals surface area (Å²) in [4.78, 5) is 32.9. The molecule has 7 heteroatoms. The predicted molar refractivity (Wildman–Crippen MR) is 141 cm³/mol. The molecule has 1 aromatic heterocycles. The van der Waals surface area contributed by atoms with Crippen LogP contribution in [0.2, 0.25) is 0 Å². The second kappa shape index (κ2) is 12.9. The fraction of sp³-hybridized carbons (Fsp3) is 0.167. The Labute approximate surface area is 216 Å². The number of methoxy groups -OCH3 is 1. The highest BCUT2D eigenvalue weighted by Gasteiger charge is 2.31. The lowest BCUT2D eigenvalue weighted by molar-refractivity contribution is -0.143. The lowest BCUT2D eigenvalue weighted by Gasteiger charge is -2.31. The van der Waals surface area contributed by atoms with Gasteiger partial charge >= 0.3 is 0 Å². The molecule has 1 N–H and O–H groups in total. The first kappa shape index (κ1) is 25.4. The second-order valence-corrected chi connectivity index (χ2v) is 8.36. The maximum atomic E-state index is 13.6. The Kier molecular flexibility index (Phi) is 8.86. The van der Waals surface area contributed by atoms with Crippen molar-refractivity contribution in [3.05, 3.63) is 126 Å². The summed E-state index contributed by atoms with van der Waals surface area (Å²) in [5.41, 5.74) is 2.42. The van der Waals surface area contributed by atoms with Gasteiger partial charge in [-0.3, -0.25) is 14.6 Å². The van der Waals surface area contributed by atoms with Gasteiger partial charge in [-0.25, -0.2) is 0 Å². The summed E-state index contributed by atoms with van der Waals surface area (Å²) in [6.07, 6.45) is 3.38. The molecule has 0 bridgehead atoms. The summed E-state index contributed by atoms with van der Waals surface area (Å²) in [6.45, 7) is 0.293. The van der Waals surface area contributed by atoms with Crippen molar-refractivity contribution in [1.82, 2.24) is 15.2 Å². The van der Waals surface area contributed by atoms with E-state index in [4.69, 9.17) is 9.47 Å². The second-order valence-electron chi connectivity index (χ2n) is 8.36. The third-order valence-corrected chi connectivity index (χ3v) is 5.80. The molecular weight excluding hydrogens is 466 g/mol. The van der Waals surface area contributed by atoms with Crippen LogP contribution in [0.15, 0.2) is 109 Å². The Morgan fingerprint density at radius 1 is 0.838 bits per heavy atom. The zero-order valence-electron chi connectivity index (χ0n) is 20.6. The van der Waals surface area contributed by atoms with E-state index in [2.05, 4.69) is 10.3 Å². The number of hydrogen-bond donors (Lipinski definition) is 1. The topological polar surface area (TPSA) is 80.8 Å². The molecule has 0 radical (unpaired) electrons. The quantitative estimate of drug-likeness (QED) is 0.330. The molecule has 0 aliphatic rings. The summed E-state index contributed by atoms with van der Waals surface area (Å²) in [7, 11) is 1.60. The highest BCUT2D eigenvalue weighted by molar-refractivity contribution is 5.89. The first-order valence-corrected chi connectivity index (χ1v) is 12.0. The van der Waals surface area contributed by atoms with Crippen LogP contribution in [0.3, 0.4) is 0 Å². The van der Waals surface area contributed by atoms with Gasteiger partial charge in [-0.1, -0.05) is 66.7 Å². The third-order valence-electron chi connectivity index (χ3n) is 5.80. The van der Waals surface area contributed by atoms with Gasteiger partial charge in [0.05, 0.1) is 7.11 Å². The zero-order chi connectivity index (χ0) is 25.9. The number of nitrogens with zero attached hydrogens (tertiary/aromatic N) is 2. The highest BCUT2D eigenvalue weighted by atomic mass is 16.5. The molecule has 1 heterocycles. The number of ether oxygens (including phenoxy) is 2. The molecule has 0 fully saturated rings. The van der Waals surface area contributed by atoms with E-state index in [-0.39, 0.29) is 25.0 Å². The number of nitrogens with one attached hydrogen (secondary N) is 1. The van der Waals surface area contributed by atoms with Gasteiger partial charge in [0.25, 0.3) is 5.91 Å². The molecule has 37 heavy (non-hydrogen) atoms. The van der Waals surface area contributed by atoms with Crippen LogP contribution in [-0.4, -0.2) is 35.4 Å². The first-order chi connectivity index (χ1) is 18.1. The number of aromatic nitrogens is 1. The molecule has 0 spiro atoms. The normalized spacial score (nSPS) is 11.3. The van der Waals surface area contributed by atoms with Crippen LogP contribution in [0.5, 0.6) is 11.5 Å². The van der Waals surface area contributed by atoms with E-state index < -0.39 is 6.04 Å². The van der Waals surface area contributed by atoms with Crippen LogP contribution in [0.25, 0.3) is 0 Å². The van der Waals surface area contributed by atoms with Gasteiger partial charge in [-0.15, -0.1) is 0 Å². The van der Waals surface area contributed by atoms with Crippen molar-refractivity contribution in [3.63, 3.8) is 0 Å². The van der Waals surface area contributed by atoms with Gasteiger partial charge in [0.1, 0.15) is 17.5 Å². The smallest absolute Gasteiger partial charge is 0.261 e. The fourth-order valence-electron chi connectivity index (χ4n) is 3.89. The number of carbonyl (C=O) groups excluding carboxylic acids is 2. The van der Waals surface area contributed by atoms with Crippen LogP contribution in [0.4, 0.5) is 0 Å². The minimum atomic E-state index is -0.869. The van der Waals surface area contributed by atoms with Crippen LogP contribution in [-0.2, 0) is 22.7 Å². The Morgan fingerprint density at radius 3 is 2.19 bits per heavy atom. The van der Waals surface area contributed by atoms with Crippen LogP contribution in [0, 0.1) is 0 Å². The van der Waals surface area contributed by atoms with E-state index in [0.717, 1.165) is 11.1 Å². The summed E-state index contributed by atoms with van der Waals surface area (Å²) in [5, 5.41) is 2.98. The van der Waals surface area contributed by atoms with Crippen molar-refractivity contribution < 1.29 is 19.1 Å². The SMILES string of the molecule is COc1ccc(CN(C(=O)COc2ccccc2)[C@@H](C(=O)NCc2cccnc2)c2ccccc2)cc1. The molecule has 2 amide bonds. The minimum Gasteiger partial charge on any atom is -0.497 e. The standard InChI is InChI=1S/C30H29N3O4/c1-36-26-16-14-23(15-17-26)21-33(28(34)22-37-27-12-6-3-7-13-27)29(25-10-4-2-5-11-25)30(35)32-20-24-9-8-18-31-19-24/h2-19,29H,20-22H2,1H3,(H,32,35)/t29-/m1/s1. The van der Waals surface area contributed by atoms with Crippen molar-refractivity contribution in [2.75, 3.05) is 13.7 Å². The fourth-order valence-corrected chi connectivity index (χ4v) is 3.89. The molecule has 0 saturated carbocycles. The molecule has 0 unspecified atom stereocenters. The number of benzene rings is 3. The van der Waals surface area contributed by atoms with Crippen LogP contribution >= 0.6 is 0 Å². The summed E-state index contributed by atoms with van der Waals surface area (Å²) < 4.78 is 11.0. The van der Waals surface area contributed by atoms with E-state index in [0.29, 0.717) is 23.6 Å². The maximum Gasteiger partial charge on any atom is 0.261 e. The van der Waals surface area contributed by atoms with Gasteiger partial charge in [0.2, 0.25) is 5.91 Å². The van der Waals surface area contributed by atoms with Crippen molar-refractivity contribution in [1.29, 1.82) is 0 Å². The van der Waals surface area contributed by atoms with E-state index in [9.17, 15) is 9.59 Å². The monoisotopic (exact) mass is 495 g/mol. The minimum absolute atomic E-state index is 0.209. The number of hydrogen-bond acceptors (Lipinski definition) is 5. The highest BCUT2D eigenvalue weighted by Crippen LogP contribution is 2.25. The summed E-state index contributed by atoms with van der Waals surface area (Å²) in [6, 6.07) is 28.7. The molecule has 3 aromatic carbocycles. The number of carbonyl (C=O) groups is 2.